The van der Waals surface area contributed by atoms with Gasteiger partial charge in [0, 0.05) is 6.08 Å². The lowest BCUT2D eigenvalue weighted by Gasteiger charge is -2.47. The minimum atomic E-state index is -1.30. The van der Waals surface area contributed by atoms with E-state index in [0.29, 0.717) is 5.56 Å². The Labute approximate surface area is 179 Å². The summed E-state index contributed by atoms with van der Waals surface area (Å²) in [6, 6.07) is 15.7. The molecule has 2 aromatic carbocycles. The van der Waals surface area contributed by atoms with Crippen molar-refractivity contribution >= 4 is 12.0 Å². The molecule has 2 aliphatic heterocycles. The van der Waals surface area contributed by atoms with Crippen molar-refractivity contribution in [2.45, 2.75) is 36.8 Å². The second-order valence-corrected chi connectivity index (χ2v) is 7.38. The molecule has 31 heavy (non-hydrogen) atoms. The molecule has 2 aliphatic rings. The number of benzene rings is 2. The number of hydrogen-bond donors (Lipinski definition) is 3. The fourth-order valence-corrected chi connectivity index (χ4v) is 3.63. The molecule has 2 fully saturated rings. The van der Waals surface area contributed by atoms with E-state index >= 15 is 0 Å². The van der Waals surface area contributed by atoms with Crippen molar-refractivity contribution in [3.63, 3.8) is 0 Å². The highest BCUT2D eigenvalue weighted by Gasteiger charge is 2.51. The third-order valence-electron chi connectivity index (χ3n) is 5.26. The lowest BCUT2D eigenvalue weighted by atomic mass is 9.97. The summed E-state index contributed by atoms with van der Waals surface area (Å²) in [4.78, 5) is 12.4. The number of phenolic OH excluding ortho intramolecular Hbond substituents is 1. The summed E-state index contributed by atoms with van der Waals surface area (Å²) in [6.07, 6.45) is -2.80. The van der Waals surface area contributed by atoms with Crippen molar-refractivity contribution in [1.29, 1.82) is 0 Å². The zero-order chi connectivity index (χ0) is 21.8. The number of aliphatic hydroxyl groups excluding tert-OH is 2. The number of carbonyl (C=O) groups excluding carboxylic acids is 1. The van der Waals surface area contributed by atoms with E-state index in [1.165, 1.54) is 24.3 Å². The summed E-state index contributed by atoms with van der Waals surface area (Å²) in [7, 11) is 0. The molecule has 0 saturated carbocycles. The topological polar surface area (TPSA) is 115 Å². The SMILES string of the molecule is O=C(/C=C/c1ccc(O)cc1)O[C@H]1[C@H](O)[C@@H](CO)O[C@H]2OC[C@@H](c3ccccc3)O[C@@H]21. The van der Waals surface area contributed by atoms with E-state index in [0.717, 1.165) is 5.56 Å². The highest BCUT2D eigenvalue weighted by Crippen LogP contribution is 2.35. The number of fused-ring (bicyclic) bond motifs is 1. The minimum absolute atomic E-state index is 0.119. The van der Waals surface area contributed by atoms with Crippen LogP contribution >= 0.6 is 0 Å². The maximum Gasteiger partial charge on any atom is 0.331 e. The summed E-state index contributed by atoms with van der Waals surface area (Å²) < 4.78 is 23.0. The molecular weight excluding hydrogens is 404 g/mol. The van der Waals surface area contributed by atoms with Gasteiger partial charge in [-0.15, -0.1) is 0 Å². The molecular formula is C23H24O8. The number of aliphatic hydroxyl groups is 2. The molecule has 4 rings (SSSR count). The van der Waals surface area contributed by atoms with E-state index < -0.39 is 49.4 Å². The zero-order valence-corrected chi connectivity index (χ0v) is 16.6. The van der Waals surface area contributed by atoms with E-state index in [-0.39, 0.29) is 12.4 Å². The molecule has 2 heterocycles. The van der Waals surface area contributed by atoms with E-state index in [9.17, 15) is 20.1 Å². The average Bonchev–Trinajstić information content (AvgIpc) is 2.80. The molecule has 2 aromatic rings. The Balaban J connectivity index is 1.49. The van der Waals surface area contributed by atoms with Crippen LogP contribution in [0.5, 0.6) is 5.75 Å². The molecule has 0 bridgehead atoms. The Morgan fingerprint density at radius 2 is 1.84 bits per heavy atom. The van der Waals surface area contributed by atoms with Gasteiger partial charge in [-0.25, -0.2) is 4.79 Å². The summed E-state index contributed by atoms with van der Waals surface area (Å²) in [5, 5.41) is 29.5. The van der Waals surface area contributed by atoms with Gasteiger partial charge in [0.1, 0.15) is 30.2 Å². The Hall–Kier alpha value is -2.75. The third-order valence-corrected chi connectivity index (χ3v) is 5.26. The quantitative estimate of drug-likeness (QED) is 0.486. The van der Waals surface area contributed by atoms with Crippen LogP contribution in [0.1, 0.15) is 17.2 Å². The third kappa shape index (κ3) is 4.95. The summed E-state index contributed by atoms with van der Waals surface area (Å²) in [5.41, 5.74) is 1.58. The van der Waals surface area contributed by atoms with E-state index in [1.54, 1.807) is 12.1 Å². The lowest BCUT2D eigenvalue weighted by molar-refractivity contribution is -0.350. The molecule has 6 atom stereocenters. The lowest BCUT2D eigenvalue weighted by Crippen LogP contribution is -2.63. The highest BCUT2D eigenvalue weighted by atomic mass is 16.7. The summed E-state index contributed by atoms with van der Waals surface area (Å²) in [5.74, 6) is -0.576. The zero-order valence-electron chi connectivity index (χ0n) is 16.6. The number of esters is 1. The minimum Gasteiger partial charge on any atom is -0.508 e. The van der Waals surface area contributed by atoms with Gasteiger partial charge in [0.2, 0.25) is 0 Å². The van der Waals surface area contributed by atoms with E-state index in [4.69, 9.17) is 18.9 Å². The number of carbonyl (C=O) groups is 1. The average molecular weight is 428 g/mol. The van der Waals surface area contributed by atoms with Crippen LogP contribution in [-0.4, -0.2) is 65.2 Å². The van der Waals surface area contributed by atoms with Crippen LogP contribution in [0.4, 0.5) is 0 Å². The molecule has 0 amide bonds. The molecule has 0 aliphatic carbocycles. The first kappa shape index (κ1) is 21.5. The van der Waals surface area contributed by atoms with Gasteiger partial charge < -0.3 is 34.3 Å². The van der Waals surface area contributed by atoms with Crippen LogP contribution in [0, 0.1) is 0 Å². The second-order valence-electron chi connectivity index (χ2n) is 7.38. The van der Waals surface area contributed by atoms with Crippen molar-refractivity contribution in [1.82, 2.24) is 0 Å². The van der Waals surface area contributed by atoms with Gasteiger partial charge in [0.05, 0.1) is 13.2 Å². The van der Waals surface area contributed by atoms with Crippen molar-refractivity contribution in [2.75, 3.05) is 13.2 Å². The molecule has 164 valence electrons. The monoisotopic (exact) mass is 428 g/mol. The Kier molecular flexibility index (Phi) is 6.64. The normalized spacial score (nSPS) is 30.6. The van der Waals surface area contributed by atoms with Crippen molar-refractivity contribution in [2.24, 2.45) is 0 Å². The summed E-state index contributed by atoms with van der Waals surface area (Å²) in [6.45, 7) is -0.242. The maximum atomic E-state index is 12.4. The van der Waals surface area contributed by atoms with Crippen molar-refractivity contribution in [3.8, 4) is 5.75 Å². The smallest absolute Gasteiger partial charge is 0.331 e. The van der Waals surface area contributed by atoms with Crippen molar-refractivity contribution < 1.29 is 39.1 Å². The number of aromatic hydroxyl groups is 1. The van der Waals surface area contributed by atoms with Gasteiger partial charge in [-0.2, -0.15) is 0 Å². The number of hydrogen-bond acceptors (Lipinski definition) is 8. The molecule has 2 saturated heterocycles. The number of rotatable bonds is 5. The van der Waals surface area contributed by atoms with Crippen molar-refractivity contribution in [3.05, 3.63) is 71.8 Å². The Morgan fingerprint density at radius 1 is 1.10 bits per heavy atom. The molecule has 0 aromatic heterocycles. The van der Waals surface area contributed by atoms with Gasteiger partial charge >= 0.3 is 5.97 Å². The van der Waals surface area contributed by atoms with Crippen LogP contribution in [0.25, 0.3) is 6.08 Å². The molecule has 8 nitrogen and oxygen atoms in total. The first-order chi connectivity index (χ1) is 15.0. The molecule has 0 spiro atoms. The van der Waals surface area contributed by atoms with Gasteiger partial charge in [0.25, 0.3) is 0 Å². The van der Waals surface area contributed by atoms with E-state index in [2.05, 4.69) is 0 Å². The molecule has 0 unspecified atom stereocenters. The standard InChI is InChI=1S/C23H24O8/c24-12-17-20(27)21(31-19(26)11-8-14-6-9-16(25)10-7-14)22-23(30-17)28-13-18(29-22)15-4-2-1-3-5-15/h1-11,17-18,20-25,27H,12-13H2/b11-8+/t17-,18+,20-,21+,22-,23-/m1/s1. The van der Waals surface area contributed by atoms with E-state index in [1.807, 2.05) is 30.3 Å². The van der Waals surface area contributed by atoms with Crippen LogP contribution in [0.3, 0.4) is 0 Å². The summed E-state index contributed by atoms with van der Waals surface area (Å²) >= 11 is 0. The van der Waals surface area contributed by atoms with Gasteiger partial charge in [-0.1, -0.05) is 42.5 Å². The van der Waals surface area contributed by atoms with Gasteiger partial charge in [-0.05, 0) is 29.3 Å². The number of ether oxygens (including phenoxy) is 4. The first-order valence-corrected chi connectivity index (χ1v) is 9.99. The van der Waals surface area contributed by atoms with Gasteiger partial charge in [-0.3, -0.25) is 0 Å². The molecule has 8 heteroatoms. The van der Waals surface area contributed by atoms with Gasteiger partial charge in [0.15, 0.2) is 12.4 Å². The second kappa shape index (κ2) is 9.59. The highest BCUT2D eigenvalue weighted by molar-refractivity contribution is 5.87. The predicted octanol–water partition coefficient (Wildman–Crippen LogP) is 1.55. The number of phenols is 1. The van der Waals surface area contributed by atoms with Crippen LogP contribution in [-0.2, 0) is 23.7 Å². The largest absolute Gasteiger partial charge is 0.508 e. The molecule has 0 radical (unpaired) electrons. The molecule has 3 N–H and O–H groups in total. The Morgan fingerprint density at radius 3 is 2.55 bits per heavy atom. The fraction of sp³-hybridized carbons (Fsp3) is 0.348. The Bertz CT molecular complexity index is 898. The van der Waals surface area contributed by atoms with Crippen LogP contribution in [0.2, 0.25) is 0 Å². The first-order valence-electron chi connectivity index (χ1n) is 9.99. The predicted molar refractivity (Wildman–Crippen MR) is 109 cm³/mol. The fourth-order valence-electron chi connectivity index (χ4n) is 3.63. The maximum absolute atomic E-state index is 12.4. The van der Waals surface area contributed by atoms with Crippen LogP contribution in [0.15, 0.2) is 60.7 Å². The van der Waals surface area contributed by atoms with Crippen LogP contribution < -0.4 is 0 Å².